The number of anilines is 1. The number of nitrogens with zero attached hydrogens (tertiary/aromatic N) is 1. The van der Waals surface area contributed by atoms with Crippen LogP contribution in [0.5, 0.6) is 11.5 Å². The van der Waals surface area contributed by atoms with Gasteiger partial charge < -0.3 is 24.8 Å². The molecule has 6 heteroatoms. The van der Waals surface area contributed by atoms with Gasteiger partial charge in [-0.05, 0) is 31.0 Å². The number of para-hydroxylation sites is 2. The zero-order chi connectivity index (χ0) is 18.1. The highest BCUT2D eigenvalue weighted by molar-refractivity contribution is 6.01. The standard InChI is InChI=1S/C20H22N2O4/c1-25-17-10-4-8-15(18(17)23)19-21-16-9-3-2-7-14(16)20(24)22(19)12-13-6-5-11-26-13/h2-4,7-10,13,19,21,23H,5-6,11-12H2,1H3. The second-order valence-corrected chi connectivity index (χ2v) is 6.58. The van der Waals surface area contributed by atoms with Crippen molar-refractivity contribution in [1.29, 1.82) is 0 Å². The zero-order valence-electron chi connectivity index (χ0n) is 14.6. The number of carbonyl (C=O) groups is 1. The van der Waals surface area contributed by atoms with Crippen molar-refractivity contribution >= 4 is 11.6 Å². The van der Waals surface area contributed by atoms with E-state index in [-0.39, 0.29) is 17.8 Å². The third-order valence-electron chi connectivity index (χ3n) is 4.99. The van der Waals surface area contributed by atoms with Crippen LogP contribution in [0.2, 0.25) is 0 Å². The summed E-state index contributed by atoms with van der Waals surface area (Å²) >= 11 is 0. The summed E-state index contributed by atoms with van der Waals surface area (Å²) in [7, 11) is 1.51. The summed E-state index contributed by atoms with van der Waals surface area (Å²) in [5, 5.41) is 14.0. The Kier molecular flexibility index (Phi) is 4.42. The maximum atomic E-state index is 13.2. The molecule has 2 atom stereocenters. The van der Waals surface area contributed by atoms with Gasteiger partial charge >= 0.3 is 0 Å². The van der Waals surface area contributed by atoms with Gasteiger partial charge in [0.05, 0.1) is 18.8 Å². The number of aromatic hydroxyl groups is 1. The van der Waals surface area contributed by atoms with E-state index in [1.54, 1.807) is 17.0 Å². The van der Waals surface area contributed by atoms with Gasteiger partial charge in [-0.3, -0.25) is 4.79 Å². The quantitative estimate of drug-likeness (QED) is 0.883. The molecule has 26 heavy (non-hydrogen) atoms. The minimum Gasteiger partial charge on any atom is -0.504 e. The molecule has 0 aromatic heterocycles. The Hall–Kier alpha value is -2.73. The van der Waals surface area contributed by atoms with Gasteiger partial charge in [0.1, 0.15) is 6.17 Å². The first-order valence-corrected chi connectivity index (χ1v) is 8.83. The lowest BCUT2D eigenvalue weighted by molar-refractivity contribution is 0.0424. The van der Waals surface area contributed by atoms with Crippen molar-refractivity contribution < 1.29 is 19.4 Å². The third kappa shape index (κ3) is 2.86. The number of methoxy groups -OCH3 is 1. The molecule has 0 aliphatic carbocycles. The molecule has 0 bridgehead atoms. The Morgan fingerprint density at radius 3 is 2.88 bits per heavy atom. The van der Waals surface area contributed by atoms with Gasteiger partial charge in [0.15, 0.2) is 11.5 Å². The van der Waals surface area contributed by atoms with Crippen LogP contribution < -0.4 is 10.1 Å². The number of phenolic OH excluding ortho intramolecular Hbond substituents is 1. The molecule has 4 rings (SSSR count). The van der Waals surface area contributed by atoms with E-state index < -0.39 is 6.17 Å². The van der Waals surface area contributed by atoms with Gasteiger partial charge in [-0.1, -0.05) is 24.3 Å². The molecular weight excluding hydrogens is 332 g/mol. The third-order valence-corrected chi connectivity index (χ3v) is 4.99. The smallest absolute Gasteiger partial charge is 0.257 e. The van der Waals surface area contributed by atoms with Crippen molar-refractivity contribution in [3.8, 4) is 11.5 Å². The summed E-state index contributed by atoms with van der Waals surface area (Å²) in [6.07, 6.45) is 1.46. The van der Waals surface area contributed by atoms with Crippen molar-refractivity contribution in [2.24, 2.45) is 0 Å². The van der Waals surface area contributed by atoms with E-state index in [9.17, 15) is 9.90 Å². The SMILES string of the molecule is COc1cccc(C2Nc3ccccc3C(=O)N2CC2CCCO2)c1O. The molecule has 0 spiro atoms. The van der Waals surface area contributed by atoms with E-state index in [0.717, 1.165) is 25.1 Å². The molecule has 0 radical (unpaired) electrons. The Morgan fingerprint density at radius 2 is 2.12 bits per heavy atom. The van der Waals surface area contributed by atoms with Crippen molar-refractivity contribution in [2.75, 3.05) is 25.6 Å². The number of hydrogen-bond acceptors (Lipinski definition) is 5. The highest BCUT2D eigenvalue weighted by Crippen LogP contribution is 2.40. The number of ether oxygens (including phenoxy) is 2. The van der Waals surface area contributed by atoms with Crippen LogP contribution in [0, 0.1) is 0 Å². The molecule has 0 saturated carbocycles. The predicted octanol–water partition coefficient (Wildman–Crippen LogP) is 3.15. The predicted molar refractivity (Wildman–Crippen MR) is 97.5 cm³/mol. The molecule has 2 unspecified atom stereocenters. The lowest BCUT2D eigenvalue weighted by atomic mass is 10.0. The number of benzene rings is 2. The topological polar surface area (TPSA) is 71.0 Å². The largest absolute Gasteiger partial charge is 0.504 e. The molecule has 2 heterocycles. The van der Waals surface area contributed by atoms with E-state index in [4.69, 9.17) is 9.47 Å². The fourth-order valence-corrected chi connectivity index (χ4v) is 3.66. The van der Waals surface area contributed by atoms with Gasteiger partial charge in [-0.2, -0.15) is 0 Å². The maximum Gasteiger partial charge on any atom is 0.257 e. The Labute approximate surface area is 152 Å². The molecule has 2 aliphatic rings. The molecule has 2 aliphatic heterocycles. The van der Waals surface area contributed by atoms with Gasteiger partial charge in [0, 0.05) is 24.4 Å². The van der Waals surface area contributed by atoms with Crippen molar-refractivity contribution in [3.05, 3.63) is 53.6 Å². The number of rotatable bonds is 4. The average Bonchev–Trinajstić information content (AvgIpc) is 3.17. The molecule has 136 valence electrons. The first-order valence-electron chi connectivity index (χ1n) is 8.83. The van der Waals surface area contributed by atoms with Crippen LogP contribution in [0.4, 0.5) is 5.69 Å². The highest BCUT2D eigenvalue weighted by Gasteiger charge is 2.36. The van der Waals surface area contributed by atoms with Crippen LogP contribution in [0.1, 0.15) is 34.9 Å². The van der Waals surface area contributed by atoms with Gasteiger partial charge in [0.25, 0.3) is 5.91 Å². The summed E-state index contributed by atoms with van der Waals surface area (Å²) < 4.78 is 11.0. The number of phenols is 1. The van der Waals surface area contributed by atoms with Gasteiger partial charge in [-0.25, -0.2) is 0 Å². The summed E-state index contributed by atoms with van der Waals surface area (Å²) in [4.78, 5) is 14.9. The molecule has 6 nitrogen and oxygen atoms in total. The first-order chi connectivity index (χ1) is 12.7. The first kappa shape index (κ1) is 16.7. The van der Waals surface area contributed by atoms with E-state index in [0.29, 0.717) is 23.4 Å². The Bertz CT molecular complexity index is 817. The van der Waals surface area contributed by atoms with Crippen molar-refractivity contribution in [2.45, 2.75) is 25.1 Å². The van der Waals surface area contributed by atoms with E-state index in [2.05, 4.69) is 5.32 Å². The fraction of sp³-hybridized carbons (Fsp3) is 0.350. The van der Waals surface area contributed by atoms with Crippen molar-refractivity contribution in [1.82, 2.24) is 4.90 Å². The van der Waals surface area contributed by atoms with Crippen molar-refractivity contribution in [3.63, 3.8) is 0 Å². The van der Waals surface area contributed by atoms with Crippen LogP contribution in [-0.4, -0.2) is 42.3 Å². The summed E-state index contributed by atoms with van der Waals surface area (Å²) in [6.45, 7) is 1.20. The minimum atomic E-state index is -0.489. The van der Waals surface area contributed by atoms with Gasteiger partial charge in [0.2, 0.25) is 0 Å². The molecule has 2 N–H and O–H groups in total. The van der Waals surface area contributed by atoms with Crippen LogP contribution in [0.3, 0.4) is 0 Å². The summed E-state index contributed by atoms with van der Waals surface area (Å²) in [6, 6.07) is 12.7. The van der Waals surface area contributed by atoms with E-state index >= 15 is 0 Å². The number of nitrogens with one attached hydrogen (secondary N) is 1. The molecule has 2 aromatic rings. The number of amides is 1. The van der Waals surface area contributed by atoms with Crippen LogP contribution in [0.25, 0.3) is 0 Å². The second kappa shape index (κ2) is 6.88. The van der Waals surface area contributed by atoms with E-state index in [1.165, 1.54) is 7.11 Å². The van der Waals surface area contributed by atoms with Crippen LogP contribution in [-0.2, 0) is 4.74 Å². The lowest BCUT2D eigenvalue weighted by Crippen LogP contribution is -2.46. The molecule has 2 aromatic carbocycles. The maximum absolute atomic E-state index is 13.2. The molecular formula is C20H22N2O4. The minimum absolute atomic E-state index is 0.0151. The summed E-state index contributed by atoms with van der Waals surface area (Å²) in [5.74, 6) is 0.353. The van der Waals surface area contributed by atoms with Crippen LogP contribution >= 0.6 is 0 Å². The summed E-state index contributed by atoms with van der Waals surface area (Å²) in [5.41, 5.74) is 1.99. The monoisotopic (exact) mass is 354 g/mol. The fourth-order valence-electron chi connectivity index (χ4n) is 3.66. The highest BCUT2D eigenvalue weighted by atomic mass is 16.5. The Morgan fingerprint density at radius 1 is 1.27 bits per heavy atom. The number of carbonyl (C=O) groups excluding carboxylic acids is 1. The normalized spacial score (nSPS) is 22.0. The Balaban J connectivity index is 1.75. The molecule has 1 fully saturated rings. The van der Waals surface area contributed by atoms with Gasteiger partial charge in [-0.15, -0.1) is 0 Å². The zero-order valence-corrected chi connectivity index (χ0v) is 14.6. The number of fused-ring (bicyclic) bond motifs is 1. The second-order valence-electron chi connectivity index (χ2n) is 6.58. The lowest BCUT2D eigenvalue weighted by Gasteiger charge is -2.39. The molecule has 1 saturated heterocycles. The average molecular weight is 354 g/mol. The molecule has 1 amide bonds. The number of hydrogen-bond donors (Lipinski definition) is 2. The van der Waals surface area contributed by atoms with E-state index in [1.807, 2.05) is 30.3 Å². The van der Waals surface area contributed by atoms with Crippen LogP contribution in [0.15, 0.2) is 42.5 Å².